The number of hydrogen-bond acceptors (Lipinski definition) is 5. The Balaban J connectivity index is 2.29. The number of hydrogen-bond donors (Lipinski definition) is 1. The number of nitrogens with one attached hydrogen (secondary N) is 1. The highest BCUT2D eigenvalue weighted by atomic mass is 16.5. The minimum Gasteiger partial charge on any atom is -0.467 e. The van der Waals surface area contributed by atoms with Crippen molar-refractivity contribution in [3.8, 4) is 0 Å². The second-order valence-corrected chi connectivity index (χ2v) is 5.91. The number of carbonyl (C=O) groups excluding carboxylic acids is 2. The van der Waals surface area contributed by atoms with Crippen molar-refractivity contribution in [1.29, 1.82) is 0 Å². The first-order valence-corrected chi connectivity index (χ1v) is 7.67. The molecule has 0 bridgehead atoms. The predicted octanol–water partition coefficient (Wildman–Crippen LogP) is 0.790. The highest BCUT2D eigenvalue weighted by Crippen LogP contribution is 2.14. The molecule has 1 heterocycles. The Hall–Kier alpha value is -2.70. The van der Waals surface area contributed by atoms with E-state index in [1.807, 2.05) is 13.8 Å². The number of methoxy groups -OCH3 is 1. The van der Waals surface area contributed by atoms with Gasteiger partial charge in [0.1, 0.15) is 6.04 Å². The number of rotatable bonds is 5. The summed E-state index contributed by atoms with van der Waals surface area (Å²) in [6, 6.07) is 6.29. The summed E-state index contributed by atoms with van der Waals surface area (Å²) < 4.78 is 5.93. The number of aromatic nitrogens is 2. The van der Waals surface area contributed by atoms with Gasteiger partial charge in [-0.2, -0.15) is 5.10 Å². The van der Waals surface area contributed by atoms with Gasteiger partial charge in [-0.1, -0.05) is 32.0 Å². The summed E-state index contributed by atoms with van der Waals surface area (Å²) in [7, 11) is 2.83. The molecule has 0 aliphatic carbocycles. The van der Waals surface area contributed by atoms with Gasteiger partial charge in [-0.15, -0.1) is 0 Å². The van der Waals surface area contributed by atoms with Crippen molar-refractivity contribution in [3.63, 3.8) is 0 Å². The molecular formula is C17H21N3O4. The van der Waals surface area contributed by atoms with E-state index in [-0.39, 0.29) is 23.8 Å². The van der Waals surface area contributed by atoms with Crippen molar-refractivity contribution in [2.45, 2.75) is 26.3 Å². The van der Waals surface area contributed by atoms with Crippen LogP contribution in [0.1, 0.15) is 19.5 Å². The highest BCUT2D eigenvalue weighted by molar-refractivity contribution is 5.90. The van der Waals surface area contributed by atoms with E-state index in [4.69, 9.17) is 4.74 Å². The number of carbonyl (C=O) groups is 2. The number of amides is 1. The third-order valence-corrected chi connectivity index (χ3v) is 3.80. The molecule has 1 aromatic carbocycles. The Morgan fingerprint density at radius 2 is 1.88 bits per heavy atom. The molecule has 1 atom stereocenters. The molecule has 128 valence electrons. The number of fused-ring (bicyclic) bond motifs is 1. The lowest BCUT2D eigenvalue weighted by molar-refractivity contribution is -0.146. The van der Waals surface area contributed by atoms with Gasteiger partial charge in [-0.05, 0) is 12.0 Å². The zero-order chi connectivity index (χ0) is 17.9. The number of esters is 1. The summed E-state index contributed by atoms with van der Waals surface area (Å²) in [4.78, 5) is 36.2. The molecule has 0 saturated heterocycles. The van der Waals surface area contributed by atoms with Crippen LogP contribution in [0.25, 0.3) is 10.8 Å². The van der Waals surface area contributed by atoms with Crippen LogP contribution in [0.2, 0.25) is 0 Å². The molecule has 0 saturated carbocycles. The SMILES string of the molecule is COC(=O)C(NC(=O)Cc1nn(C)c(=O)c2ccccc12)C(C)C. The van der Waals surface area contributed by atoms with Gasteiger partial charge in [0.2, 0.25) is 5.91 Å². The van der Waals surface area contributed by atoms with Crippen LogP contribution in [0.5, 0.6) is 0 Å². The first kappa shape index (κ1) is 17.7. The van der Waals surface area contributed by atoms with Crippen LogP contribution >= 0.6 is 0 Å². The lowest BCUT2D eigenvalue weighted by atomic mass is 10.0. The summed E-state index contributed by atoms with van der Waals surface area (Å²) in [5, 5.41) is 8.00. The lowest BCUT2D eigenvalue weighted by Crippen LogP contribution is -2.45. The lowest BCUT2D eigenvalue weighted by Gasteiger charge is -2.19. The van der Waals surface area contributed by atoms with Gasteiger partial charge in [0.15, 0.2) is 0 Å². The van der Waals surface area contributed by atoms with Crippen LogP contribution < -0.4 is 10.9 Å². The fraction of sp³-hybridized carbons (Fsp3) is 0.412. The first-order chi connectivity index (χ1) is 11.3. The van der Waals surface area contributed by atoms with Gasteiger partial charge >= 0.3 is 5.97 Å². The van der Waals surface area contributed by atoms with Crippen LogP contribution in [0, 0.1) is 5.92 Å². The Morgan fingerprint density at radius 3 is 2.46 bits per heavy atom. The van der Waals surface area contributed by atoms with E-state index < -0.39 is 12.0 Å². The average molecular weight is 331 g/mol. The van der Waals surface area contributed by atoms with E-state index >= 15 is 0 Å². The maximum Gasteiger partial charge on any atom is 0.328 e. The molecule has 1 unspecified atom stereocenters. The van der Waals surface area contributed by atoms with Gasteiger partial charge in [-0.3, -0.25) is 9.59 Å². The standard InChI is InChI=1S/C17H21N3O4/c1-10(2)15(17(23)24-4)18-14(21)9-13-11-7-5-6-8-12(11)16(22)20(3)19-13/h5-8,10,15H,9H2,1-4H3,(H,18,21). The fourth-order valence-corrected chi connectivity index (χ4v) is 2.51. The van der Waals surface area contributed by atoms with Crippen LogP contribution in [-0.2, 0) is 27.8 Å². The molecule has 1 N–H and O–H groups in total. The van der Waals surface area contributed by atoms with E-state index in [0.717, 1.165) is 0 Å². The third kappa shape index (κ3) is 3.61. The van der Waals surface area contributed by atoms with Crippen molar-refractivity contribution in [2.75, 3.05) is 7.11 Å². The number of ether oxygens (including phenoxy) is 1. The number of aryl methyl sites for hydroxylation is 1. The maximum atomic E-state index is 12.3. The van der Waals surface area contributed by atoms with Crippen LogP contribution in [0.4, 0.5) is 0 Å². The van der Waals surface area contributed by atoms with Gasteiger partial charge in [0.05, 0.1) is 24.6 Å². The van der Waals surface area contributed by atoms with Gasteiger partial charge in [0, 0.05) is 12.4 Å². The Morgan fingerprint density at radius 1 is 1.25 bits per heavy atom. The molecule has 2 aromatic rings. The Labute approximate surface area is 139 Å². The molecule has 7 heteroatoms. The maximum absolute atomic E-state index is 12.3. The van der Waals surface area contributed by atoms with Crippen molar-refractivity contribution in [1.82, 2.24) is 15.1 Å². The molecule has 24 heavy (non-hydrogen) atoms. The van der Waals surface area contributed by atoms with Crippen LogP contribution in [0.3, 0.4) is 0 Å². The summed E-state index contributed by atoms with van der Waals surface area (Å²) in [6.07, 6.45) is -0.0329. The smallest absolute Gasteiger partial charge is 0.328 e. The van der Waals surface area contributed by atoms with E-state index in [1.165, 1.54) is 11.8 Å². The normalized spacial score (nSPS) is 12.2. The highest BCUT2D eigenvalue weighted by Gasteiger charge is 2.25. The zero-order valence-corrected chi connectivity index (χ0v) is 14.2. The monoisotopic (exact) mass is 331 g/mol. The molecule has 1 amide bonds. The molecule has 7 nitrogen and oxygen atoms in total. The van der Waals surface area contributed by atoms with Crippen molar-refractivity contribution < 1.29 is 14.3 Å². The van der Waals surface area contributed by atoms with Gasteiger partial charge in [0.25, 0.3) is 5.56 Å². The number of benzene rings is 1. The summed E-state index contributed by atoms with van der Waals surface area (Å²) in [5.41, 5.74) is 0.266. The average Bonchev–Trinajstić information content (AvgIpc) is 2.56. The molecule has 1 aromatic heterocycles. The van der Waals surface area contributed by atoms with Crippen LogP contribution in [-0.4, -0.2) is 34.8 Å². The molecular weight excluding hydrogens is 310 g/mol. The number of nitrogens with zero attached hydrogens (tertiary/aromatic N) is 2. The largest absolute Gasteiger partial charge is 0.467 e. The van der Waals surface area contributed by atoms with Gasteiger partial charge in [-0.25, -0.2) is 9.48 Å². The van der Waals surface area contributed by atoms with E-state index in [2.05, 4.69) is 10.4 Å². The van der Waals surface area contributed by atoms with E-state index in [0.29, 0.717) is 16.5 Å². The second-order valence-electron chi connectivity index (χ2n) is 5.91. The van der Waals surface area contributed by atoms with Crippen molar-refractivity contribution >= 4 is 22.6 Å². The molecule has 2 rings (SSSR count). The Kier molecular flexibility index (Phi) is 5.33. The summed E-state index contributed by atoms with van der Waals surface area (Å²) in [5.74, 6) is -0.946. The summed E-state index contributed by atoms with van der Waals surface area (Å²) in [6.45, 7) is 3.64. The molecule has 0 fully saturated rings. The van der Waals surface area contributed by atoms with E-state index in [1.54, 1.807) is 31.3 Å². The zero-order valence-electron chi connectivity index (χ0n) is 14.2. The predicted molar refractivity (Wildman–Crippen MR) is 89.5 cm³/mol. The molecule has 0 radical (unpaired) electrons. The fourth-order valence-electron chi connectivity index (χ4n) is 2.51. The topological polar surface area (TPSA) is 90.3 Å². The minimum atomic E-state index is -0.721. The van der Waals surface area contributed by atoms with Crippen molar-refractivity contribution in [3.05, 3.63) is 40.3 Å². The second kappa shape index (κ2) is 7.25. The van der Waals surface area contributed by atoms with Gasteiger partial charge < -0.3 is 10.1 Å². The minimum absolute atomic E-state index is 0.0329. The van der Waals surface area contributed by atoms with Crippen LogP contribution in [0.15, 0.2) is 29.1 Å². The quantitative estimate of drug-likeness (QED) is 0.818. The molecule has 0 aliphatic rings. The van der Waals surface area contributed by atoms with E-state index in [9.17, 15) is 14.4 Å². The molecule has 0 aliphatic heterocycles. The molecule has 0 spiro atoms. The van der Waals surface area contributed by atoms with Crippen molar-refractivity contribution in [2.24, 2.45) is 13.0 Å². The first-order valence-electron chi connectivity index (χ1n) is 7.67. The Bertz CT molecular complexity index is 826. The summed E-state index contributed by atoms with van der Waals surface area (Å²) >= 11 is 0. The third-order valence-electron chi connectivity index (χ3n) is 3.80.